The summed E-state index contributed by atoms with van der Waals surface area (Å²) in [6, 6.07) is 7.02. The van der Waals surface area contributed by atoms with Crippen LogP contribution in [0.3, 0.4) is 0 Å². The molecule has 6 nitrogen and oxygen atoms in total. The largest absolute Gasteiger partial charge is 0.379 e. The zero-order chi connectivity index (χ0) is 14.7. The number of methoxy groups -OCH3 is 1. The third-order valence-electron chi connectivity index (χ3n) is 3.83. The summed E-state index contributed by atoms with van der Waals surface area (Å²) in [5, 5.41) is 37.5. The molecular weight excluding hydrogens is 244 g/mol. The number of ketones is 1. The fraction of sp³-hybridized carbons (Fsp3) is 0.615. The van der Waals surface area contributed by atoms with E-state index < -0.39 is 22.9 Å². The molecule has 2 atom stereocenters. The van der Waals surface area contributed by atoms with Crippen molar-refractivity contribution in [3.8, 4) is 24.3 Å². The Morgan fingerprint density at radius 1 is 1.05 bits per heavy atom. The molecule has 19 heavy (non-hydrogen) atoms. The van der Waals surface area contributed by atoms with Gasteiger partial charge in [0.05, 0.1) is 36.3 Å². The van der Waals surface area contributed by atoms with Crippen LogP contribution in [0.2, 0.25) is 0 Å². The molecule has 1 fully saturated rings. The Labute approximate surface area is 111 Å². The van der Waals surface area contributed by atoms with Gasteiger partial charge in [0.2, 0.25) is 5.41 Å². The molecule has 1 rings (SSSR count). The minimum absolute atomic E-state index is 0.250. The van der Waals surface area contributed by atoms with Gasteiger partial charge in [-0.25, -0.2) is 0 Å². The molecule has 0 saturated heterocycles. The molecule has 0 heterocycles. The van der Waals surface area contributed by atoms with E-state index in [4.69, 9.17) is 4.74 Å². The highest BCUT2D eigenvalue weighted by Gasteiger charge is 2.66. The molecule has 0 bridgehead atoms. The average Bonchev–Trinajstić information content (AvgIpc) is 2.44. The smallest absolute Gasteiger partial charge is 0.201 e. The maximum atomic E-state index is 11.7. The van der Waals surface area contributed by atoms with E-state index in [-0.39, 0.29) is 18.6 Å². The lowest BCUT2D eigenvalue weighted by molar-refractivity contribution is -0.130. The first kappa shape index (κ1) is 14.7. The van der Waals surface area contributed by atoms with Crippen LogP contribution in [-0.4, -0.2) is 19.0 Å². The third-order valence-corrected chi connectivity index (χ3v) is 3.83. The Kier molecular flexibility index (Phi) is 3.91. The van der Waals surface area contributed by atoms with Gasteiger partial charge in [0.25, 0.3) is 0 Å². The van der Waals surface area contributed by atoms with Gasteiger partial charge in [0.1, 0.15) is 5.78 Å². The second kappa shape index (κ2) is 5.07. The second-order valence-electron chi connectivity index (χ2n) is 4.53. The van der Waals surface area contributed by atoms with Crippen LogP contribution in [0.25, 0.3) is 0 Å². The first-order valence-electron chi connectivity index (χ1n) is 5.68. The van der Waals surface area contributed by atoms with E-state index in [1.54, 1.807) is 24.3 Å². The van der Waals surface area contributed by atoms with Crippen LogP contribution in [0.1, 0.15) is 19.8 Å². The average molecular weight is 256 g/mol. The van der Waals surface area contributed by atoms with Gasteiger partial charge in [-0.05, 0) is 19.8 Å². The molecule has 0 aromatic rings. The van der Waals surface area contributed by atoms with E-state index in [1.165, 1.54) is 14.0 Å². The Hall–Kier alpha value is -2.41. The summed E-state index contributed by atoms with van der Waals surface area (Å²) in [5.41, 5.74) is -3.96. The molecule has 0 aromatic heterocycles. The molecule has 0 aromatic carbocycles. The van der Waals surface area contributed by atoms with Gasteiger partial charge in [-0.15, -0.1) is 0 Å². The quantitative estimate of drug-likeness (QED) is 0.728. The molecule has 0 aliphatic heterocycles. The monoisotopic (exact) mass is 256 g/mol. The van der Waals surface area contributed by atoms with Crippen LogP contribution in [0, 0.1) is 62.1 Å². The Morgan fingerprint density at radius 3 is 1.84 bits per heavy atom. The third kappa shape index (κ3) is 1.66. The van der Waals surface area contributed by atoms with Gasteiger partial charge in [0.15, 0.2) is 5.41 Å². The number of nitriles is 4. The van der Waals surface area contributed by atoms with Crippen molar-refractivity contribution in [3.05, 3.63) is 0 Å². The number of rotatable bonds is 2. The van der Waals surface area contributed by atoms with E-state index in [2.05, 4.69) is 0 Å². The van der Waals surface area contributed by atoms with Crippen molar-refractivity contribution in [1.82, 2.24) is 0 Å². The molecule has 0 unspecified atom stereocenters. The molecular formula is C13H12N4O2. The molecule has 1 aliphatic carbocycles. The zero-order valence-corrected chi connectivity index (χ0v) is 10.7. The fourth-order valence-electron chi connectivity index (χ4n) is 2.79. The van der Waals surface area contributed by atoms with Crippen molar-refractivity contribution in [1.29, 1.82) is 21.0 Å². The van der Waals surface area contributed by atoms with Crippen LogP contribution in [0.15, 0.2) is 0 Å². The normalized spacial score (nSPS) is 27.1. The van der Waals surface area contributed by atoms with E-state index in [0.717, 1.165) is 0 Å². The van der Waals surface area contributed by atoms with E-state index in [1.807, 2.05) is 0 Å². The topological polar surface area (TPSA) is 121 Å². The highest BCUT2D eigenvalue weighted by molar-refractivity contribution is 5.81. The second-order valence-corrected chi connectivity index (χ2v) is 4.53. The predicted molar refractivity (Wildman–Crippen MR) is 61.5 cm³/mol. The Bertz CT molecular complexity index is 527. The van der Waals surface area contributed by atoms with Gasteiger partial charge < -0.3 is 4.74 Å². The van der Waals surface area contributed by atoms with E-state index >= 15 is 0 Å². The molecule has 1 aliphatic rings. The van der Waals surface area contributed by atoms with Crippen LogP contribution >= 0.6 is 0 Å². The first-order valence-corrected chi connectivity index (χ1v) is 5.68. The number of ether oxygens (including phenoxy) is 1. The van der Waals surface area contributed by atoms with Crippen LogP contribution in [0.4, 0.5) is 0 Å². The number of hydrogen-bond donors (Lipinski definition) is 0. The number of carbonyl (C=O) groups excluding carboxylic acids is 1. The lowest BCUT2D eigenvalue weighted by Crippen LogP contribution is -2.56. The number of Topliss-reactive ketones (excluding diaryl/α,β-unsaturated/α-hetero) is 1. The summed E-state index contributed by atoms with van der Waals surface area (Å²) >= 11 is 0. The molecule has 1 saturated carbocycles. The van der Waals surface area contributed by atoms with Crippen molar-refractivity contribution in [2.45, 2.75) is 25.9 Å². The highest BCUT2D eigenvalue weighted by Crippen LogP contribution is 2.54. The molecule has 6 heteroatoms. The van der Waals surface area contributed by atoms with Gasteiger partial charge in [0, 0.05) is 7.11 Å². The lowest BCUT2D eigenvalue weighted by atomic mass is 9.51. The first-order chi connectivity index (χ1) is 8.99. The number of carbonyl (C=O) groups is 1. The van der Waals surface area contributed by atoms with Crippen LogP contribution in [0.5, 0.6) is 0 Å². The van der Waals surface area contributed by atoms with E-state index in [0.29, 0.717) is 0 Å². The molecule has 0 amide bonds. The molecule has 0 N–H and O–H groups in total. The SMILES string of the molecule is CO[C@H]1CC[C@H](C(C)=O)C(C#N)(C#N)C1(C#N)C#N. The minimum atomic E-state index is -2.00. The zero-order valence-electron chi connectivity index (χ0n) is 10.7. The molecule has 96 valence electrons. The summed E-state index contributed by atoms with van der Waals surface area (Å²) in [7, 11) is 1.32. The van der Waals surface area contributed by atoms with Gasteiger partial charge in [-0.1, -0.05) is 0 Å². The van der Waals surface area contributed by atoms with Crippen molar-refractivity contribution < 1.29 is 9.53 Å². The fourth-order valence-corrected chi connectivity index (χ4v) is 2.79. The van der Waals surface area contributed by atoms with Crippen molar-refractivity contribution in [2.75, 3.05) is 7.11 Å². The van der Waals surface area contributed by atoms with Crippen molar-refractivity contribution in [3.63, 3.8) is 0 Å². The standard InChI is InChI=1S/C13H12N4O2/c1-9(18)10-3-4-11(19-2)13(7-16,8-17)12(10,5-14)6-15/h10-11H,3-4H2,1-2H3/t10-,11+/m1/s1. The molecule has 0 spiro atoms. The summed E-state index contributed by atoms with van der Waals surface area (Å²) in [6.07, 6.45) is -0.329. The Balaban J connectivity index is 3.64. The predicted octanol–water partition coefficient (Wildman–Crippen LogP) is 1.07. The highest BCUT2D eigenvalue weighted by atomic mass is 16.5. The molecule has 0 radical (unpaired) electrons. The van der Waals surface area contributed by atoms with Crippen molar-refractivity contribution in [2.24, 2.45) is 16.7 Å². The lowest BCUT2D eigenvalue weighted by Gasteiger charge is -2.44. The summed E-state index contributed by atoms with van der Waals surface area (Å²) in [6.45, 7) is 1.26. The van der Waals surface area contributed by atoms with Gasteiger partial charge in [-0.2, -0.15) is 21.0 Å². The maximum Gasteiger partial charge on any atom is 0.201 e. The van der Waals surface area contributed by atoms with Crippen LogP contribution < -0.4 is 0 Å². The number of nitrogens with zero attached hydrogens (tertiary/aromatic N) is 4. The van der Waals surface area contributed by atoms with E-state index in [9.17, 15) is 25.8 Å². The van der Waals surface area contributed by atoms with Gasteiger partial charge >= 0.3 is 0 Å². The summed E-state index contributed by atoms with van der Waals surface area (Å²) in [4.78, 5) is 11.7. The summed E-state index contributed by atoms with van der Waals surface area (Å²) in [5.74, 6) is -1.32. The van der Waals surface area contributed by atoms with Crippen LogP contribution in [-0.2, 0) is 9.53 Å². The summed E-state index contributed by atoms with van der Waals surface area (Å²) < 4.78 is 5.12. The Morgan fingerprint density at radius 2 is 1.53 bits per heavy atom. The number of hydrogen-bond acceptors (Lipinski definition) is 6. The maximum absolute atomic E-state index is 11.7. The van der Waals surface area contributed by atoms with Crippen molar-refractivity contribution >= 4 is 5.78 Å². The minimum Gasteiger partial charge on any atom is -0.379 e. The van der Waals surface area contributed by atoms with Gasteiger partial charge in [-0.3, -0.25) is 4.79 Å².